The van der Waals surface area contributed by atoms with Crippen LogP contribution in [0.4, 0.5) is 0 Å². The second-order valence-electron chi connectivity index (χ2n) is 3.22. The van der Waals surface area contributed by atoms with Crippen molar-refractivity contribution in [3.8, 4) is 0 Å². The second kappa shape index (κ2) is 2.72. The van der Waals surface area contributed by atoms with Crippen LogP contribution in [-0.4, -0.2) is 11.0 Å². The van der Waals surface area contributed by atoms with Crippen LogP contribution >= 0.6 is 0 Å². The minimum absolute atomic E-state index is 0.145. The smallest absolute Gasteiger partial charge is 0.0497 e. The van der Waals surface area contributed by atoms with Gasteiger partial charge in [-0.25, -0.2) is 0 Å². The summed E-state index contributed by atoms with van der Waals surface area (Å²) in [6, 6.07) is 4.27. The van der Waals surface area contributed by atoms with E-state index in [0.29, 0.717) is 0 Å². The van der Waals surface area contributed by atoms with Crippen LogP contribution in [0.5, 0.6) is 0 Å². The first-order valence-corrected chi connectivity index (χ1v) is 4.16. The molecule has 2 heteroatoms. The van der Waals surface area contributed by atoms with Crippen molar-refractivity contribution in [1.29, 1.82) is 0 Å². The van der Waals surface area contributed by atoms with Crippen LogP contribution in [0.3, 0.4) is 0 Å². The number of aryl methyl sites for hydroxylation is 1. The Kier molecular flexibility index (Phi) is 1.70. The van der Waals surface area contributed by atoms with Crippen molar-refractivity contribution in [3.63, 3.8) is 0 Å². The van der Waals surface area contributed by atoms with E-state index < -0.39 is 0 Å². The van der Waals surface area contributed by atoms with Crippen molar-refractivity contribution < 1.29 is 0 Å². The molecular formula is C10H12N2. The van der Waals surface area contributed by atoms with E-state index in [2.05, 4.69) is 17.1 Å². The van der Waals surface area contributed by atoms with E-state index in [0.717, 1.165) is 17.8 Å². The fourth-order valence-corrected chi connectivity index (χ4v) is 1.46. The highest BCUT2D eigenvalue weighted by Gasteiger charge is 2.10. The number of pyridine rings is 1. The Morgan fingerprint density at radius 2 is 2.33 bits per heavy atom. The van der Waals surface area contributed by atoms with Gasteiger partial charge in [0.25, 0.3) is 0 Å². The standard InChI is InChI=1S/C10H12N2/c1-7-2-3-8-4-5-9(11)6-10(8)12-7/h2-5,9H,6,11H2,1H3. The first kappa shape index (κ1) is 7.50. The van der Waals surface area contributed by atoms with E-state index in [-0.39, 0.29) is 6.04 Å². The van der Waals surface area contributed by atoms with Crippen LogP contribution in [0, 0.1) is 6.92 Å². The molecule has 0 fully saturated rings. The summed E-state index contributed by atoms with van der Waals surface area (Å²) in [5.74, 6) is 0. The van der Waals surface area contributed by atoms with Gasteiger partial charge in [-0.15, -0.1) is 0 Å². The summed E-state index contributed by atoms with van der Waals surface area (Å²) in [5, 5.41) is 0. The van der Waals surface area contributed by atoms with Crippen LogP contribution in [0.2, 0.25) is 0 Å². The molecule has 1 aliphatic carbocycles. The van der Waals surface area contributed by atoms with Crippen molar-refractivity contribution in [3.05, 3.63) is 35.2 Å². The van der Waals surface area contributed by atoms with Gasteiger partial charge in [0.15, 0.2) is 0 Å². The lowest BCUT2D eigenvalue weighted by atomic mass is 9.99. The van der Waals surface area contributed by atoms with Gasteiger partial charge in [-0.2, -0.15) is 0 Å². The Morgan fingerprint density at radius 3 is 3.17 bits per heavy atom. The molecule has 1 aromatic heterocycles. The van der Waals surface area contributed by atoms with Crippen molar-refractivity contribution in [1.82, 2.24) is 4.98 Å². The molecule has 0 saturated carbocycles. The van der Waals surface area contributed by atoms with Crippen molar-refractivity contribution >= 4 is 6.08 Å². The maximum absolute atomic E-state index is 5.77. The summed E-state index contributed by atoms with van der Waals surface area (Å²) in [7, 11) is 0. The molecule has 1 atom stereocenters. The summed E-state index contributed by atoms with van der Waals surface area (Å²) in [6.45, 7) is 2.00. The van der Waals surface area contributed by atoms with Crippen LogP contribution < -0.4 is 5.73 Å². The summed E-state index contributed by atoms with van der Waals surface area (Å²) >= 11 is 0. The molecule has 0 aliphatic heterocycles. The third-order valence-corrected chi connectivity index (χ3v) is 2.10. The van der Waals surface area contributed by atoms with Gasteiger partial charge in [0.2, 0.25) is 0 Å². The van der Waals surface area contributed by atoms with E-state index in [1.54, 1.807) is 0 Å². The first-order chi connectivity index (χ1) is 5.75. The van der Waals surface area contributed by atoms with Gasteiger partial charge in [-0.1, -0.05) is 18.2 Å². The summed E-state index contributed by atoms with van der Waals surface area (Å²) < 4.78 is 0. The van der Waals surface area contributed by atoms with Gasteiger partial charge in [0.05, 0.1) is 0 Å². The lowest BCUT2D eigenvalue weighted by Crippen LogP contribution is -2.23. The zero-order chi connectivity index (χ0) is 8.55. The normalized spacial score (nSPS) is 20.7. The Balaban J connectivity index is 2.47. The maximum Gasteiger partial charge on any atom is 0.0497 e. The number of hydrogen-bond donors (Lipinski definition) is 1. The number of nitrogens with two attached hydrogens (primary N) is 1. The van der Waals surface area contributed by atoms with Crippen molar-refractivity contribution in [2.45, 2.75) is 19.4 Å². The molecule has 0 bridgehead atoms. The van der Waals surface area contributed by atoms with Gasteiger partial charge >= 0.3 is 0 Å². The summed E-state index contributed by atoms with van der Waals surface area (Å²) in [4.78, 5) is 4.43. The maximum atomic E-state index is 5.77. The molecule has 62 valence electrons. The number of fused-ring (bicyclic) bond motifs is 1. The fourth-order valence-electron chi connectivity index (χ4n) is 1.46. The molecular weight excluding hydrogens is 148 g/mol. The molecule has 1 aromatic rings. The van der Waals surface area contributed by atoms with Gasteiger partial charge in [0.1, 0.15) is 0 Å². The number of rotatable bonds is 0. The average molecular weight is 160 g/mol. The van der Waals surface area contributed by atoms with E-state index in [1.807, 2.05) is 19.1 Å². The highest BCUT2D eigenvalue weighted by molar-refractivity contribution is 5.55. The van der Waals surface area contributed by atoms with E-state index >= 15 is 0 Å². The third kappa shape index (κ3) is 1.25. The zero-order valence-corrected chi connectivity index (χ0v) is 7.12. The molecule has 12 heavy (non-hydrogen) atoms. The predicted octanol–water partition coefficient (Wildman–Crippen LogP) is 1.29. The van der Waals surface area contributed by atoms with E-state index in [1.165, 1.54) is 5.56 Å². The molecule has 2 N–H and O–H groups in total. The van der Waals surface area contributed by atoms with E-state index in [4.69, 9.17) is 5.73 Å². The Morgan fingerprint density at radius 1 is 1.50 bits per heavy atom. The SMILES string of the molecule is Cc1ccc2c(n1)CC(N)C=C2. The number of hydrogen-bond acceptors (Lipinski definition) is 2. The Bertz CT molecular complexity index is 329. The summed E-state index contributed by atoms with van der Waals surface area (Å²) in [6.07, 6.45) is 4.95. The molecule has 0 aromatic carbocycles. The number of nitrogens with zero attached hydrogens (tertiary/aromatic N) is 1. The highest BCUT2D eigenvalue weighted by atomic mass is 14.7. The lowest BCUT2D eigenvalue weighted by molar-refractivity contribution is 0.775. The van der Waals surface area contributed by atoms with E-state index in [9.17, 15) is 0 Å². The Labute approximate surface area is 72.1 Å². The second-order valence-corrected chi connectivity index (χ2v) is 3.22. The Hall–Kier alpha value is -1.15. The monoisotopic (exact) mass is 160 g/mol. The lowest BCUT2D eigenvalue weighted by Gasteiger charge is -2.14. The molecule has 0 amide bonds. The van der Waals surface area contributed by atoms with Crippen LogP contribution in [0.15, 0.2) is 18.2 Å². The van der Waals surface area contributed by atoms with Crippen LogP contribution in [-0.2, 0) is 6.42 Å². The molecule has 1 unspecified atom stereocenters. The van der Waals surface area contributed by atoms with Gasteiger partial charge < -0.3 is 5.73 Å². The molecule has 0 spiro atoms. The van der Waals surface area contributed by atoms with Gasteiger partial charge in [-0.3, -0.25) is 4.98 Å². The van der Waals surface area contributed by atoms with Gasteiger partial charge in [0, 0.05) is 23.9 Å². The minimum atomic E-state index is 0.145. The van der Waals surface area contributed by atoms with Crippen LogP contribution in [0.25, 0.3) is 6.08 Å². The molecule has 1 heterocycles. The highest BCUT2D eigenvalue weighted by Crippen LogP contribution is 2.16. The molecule has 0 saturated heterocycles. The van der Waals surface area contributed by atoms with Crippen molar-refractivity contribution in [2.24, 2.45) is 5.73 Å². The largest absolute Gasteiger partial charge is 0.324 e. The van der Waals surface area contributed by atoms with Gasteiger partial charge in [-0.05, 0) is 18.6 Å². The minimum Gasteiger partial charge on any atom is -0.324 e. The molecule has 0 radical (unpaired) electrons. The summed E-state index contributed by atoms with van der Waals surface area (Å²) in [5.41, 5.74) is 9.18. The topological polar surface area (TPSA) is 38.9 Å². The molecule has 2 nitrogen and oxygen atoms in total. The molecule has 1 aliphatic rings. The van der Waals surface area contributed by atoms with Crippen LogP contribution in [0.1, 0.15) is 17.0 Å². The third-order valence-electron chi connectivity index (χ3n) is 2.10. The zero-order valence-electron chi connectivity index (χ0n) is 7.12. The average Bonchev–Trinajstić information content (AvgIpc) is 2.03. The molecule has 2 rings (SSSR count). The number of aromatic nitrogens is 1. The fraction of sp³-hybridized carbons (Fsp3) is 0.300. The quantitative estimate of drug-likeness (QED) is 0.621. The first-order valence-electron chi connectivity index (χ1n) is 4.16. The van der Waals surface area contributed by atoms with Crippen molar-refractivity contribution in [2.75, 3.05) is 0 Å². The predicted molar refractivity (Wildman–Crippen MR) is 49.7 cm³/mol.